The third kappa shape index (κ3) is 4.97. The van der Waals surface area contributed by atoms with E-state index in [-0.39, 0.29) is 17.6 Å². The van der Waals surface area contributed by atoms with E-state index in [1.165, 1.54) is 6.07 Å². The maximum atomic E-state index is 14.0. The van der Waals surface area contributed by atoms with Crippen LogP contribution in [0, 0.1) is 11.7 Å². The fraction of sp³-hybridized carbons (Fsp3) is 0.480. The van der Waals surface area contributed by atoms with E-state index in [4.69, 9.17) is 0 Å². The Kier molecular flexibility index (Phi) is 6.93. The summed E-state index contributed by atoms with van der Waals surface area (Å²) in [5.41, 5.74) is 1.86. The molecule has 4 rings (SSSR count). The van der Waals surface area contributed by atoms with Gasteiger partial charge in [-0.25, -0.2) is 4.39 Å². The molecule has 0 aromatic heterocycles. The summed E-state index contributed by atoms with van der Waals surface area (Å²) < 4.78 is 14.0. The Bertz CT molecular complexity index is 837. The van der Waals surface area contributed by atoms with Crippen LogP contribution in [0.3, 0.4) is 0 Å². The van der Waals surface area contributed by atoms with E-state index in [1.54, 1.807) is 6.07 Å². The molecule has 2 aromatic rings. The second-order valence-corrected chi connectivity index (χ2v) is 8.70. The number of piperazine rings is 1. The van der Waals surface area contributed by atoms with E-state index in [0.29, 0.717) is 18.5 Å². The molecule has 2 saturated heterocycles. The lowest BCUT2D eigenvalue weighted by atomic mass is 9.83. The van der Waals surface area contributed by atoms with Gasteiger partial charge in [-0.3, -0.25) is 14.6 Å². The maximum absolute atomic E-state index is 14.0. The Labute approximate surface area is 179 Å². The molecule has 0 saturated carbocycles. The Morgan fingerprint density at radius 1 is 1.10 bits per heavy atom. The van der Waals surface area contributed by atoms with E-state index < -0.39 is 0 Å². The predicted octanol–water partition coefficient (Wildman–Crippen LogP) is 3.76. The molecule has 30 heavy (non-hydrogen) atoms. The van der Waals surface area contributed by atoms with E-state index in [2.05, 4.69) is 28.1 Å². The predicted molar refractivity (Wildman–Crippen MR) is 118 cm³/mol. The lowest BCUT2D eigenvalue weighted by Crippen LogP contribution is -2.55. The molecule has 5 heteroatoms. The molecule has 2 heterocycles. The standard InChI is InChI=1S/C25H32FN3O/c1-19-17-28(18-24(30)20-6-3-2-4-7-20)14-15-29(19)25(21-10-12-27-13-11-21)22-8-5-9-23(26)16-22/h2-9,16,19,21,25,27H,10-15,17-18H2,1H3/t19-,25?/m0/s1. The van der Waals surface area contributed by atoms with Gasteiger partial charge in [0.1, 0.15) is 5.82 Å². The minimum atomic E-state index is -0.161. The molecule has 2 aliphatic heterocycles. The minimum Gasteiger partial charge on any atom is -0.317 e. The Morgan fingerprint density at radius 3 is 2.57 bits per heavy atom. The normalized spacial score (nSPS) is 22.7. The quantitative estimate of drug-likeness (QED) is 0.737. The number of hydrogen-bond donors (Lipinski definition) is 1. The van der Waals surface area contributed by atoms with Gasteiger partial charge in [-0.1, -0.05) is 42.5 Å². The molecule has 1 unspecified atom stereocenters. The lowest BCUT2D eigenvalue weighted by molar-refractivity contribution is 0.0195. The van der Waals surface area contributed by atoms with Gasteiger partial charge in [0.2, 0.25) is 0 Å². The van der Waals surface area contributed by atoms with Crippen LogP contribution in [0.15, 0.2) is 54.6 Å². The highest BCUT2D eigenvalue weighted by molar-refractivity contribution is 5.97. The summed E-state index contributed by atoms with van der Waals surface area (Å²) in [4.78, 5) is 17.5. The average Bonchev–Trinajstić information content (AvgIpc) is 2.77. The van der Waals surface area contributed by atoms with Gasteiger partial charge >= 0.3 is 0 Å². The van der Waals surface area contributed by atoms with Crippen LogP contribution in [-0.4, -0.2) is 60.9 Å². The van der Waals surface area contributed by atoms with Crippen LogP contribution in [-0.2, 0) is 0 Å². The number of ketones is 1. The van der Waals surface area contributed by atoms with Gasteiger partial charge in [-0.2, -0.15) is 0 Å². The number of nitrogens with zero attached hydrogens (tertiary/aromatic N) is 2. The number of Topliss-reactive ketones (excluding diaryl/α,β-unsaturated/α-hetero) is 1. The van der Waals surface area contributed by atoms with Gasteiger partial charge in [0.25, 0.3) is 0 Å². The molecule has 160 valence electrons. The molecule has 2 fully saturated rings. The molecule has 0 aliphatic carbocycles. The van der Waals surface area contributed by atoms with Gasteiger partial charge in [-0.05, 0) is 56.5 Å². The van der Waals surface area contributed by atoms with Crippen molar-refractivity contribution in [3.05, 3.63) is 71.5 Å². The second kappa shape index (κ2) is 9.82. The van der Waals surface area contributed by atoms with Crippen molar-refractivity contribution in [1.29, 1.82) is 0 Å². The first-order chi connectivity index (χ1) is 14.6. The van der Waals surface area contributed by atoms with Crippen molar-refractivity contribution in [1.82, 2.24) is 15.1 Å². The molecular weight excluding hydrogens is 377 g/mol. The summed E-state index contributed by atoms with van der Waals surface area (Å²) in [6, 6.07) is 17.2. The van der Waals surface area contributed by atoms with E-state index in [9.17, 15) is 9.18 Å². The number of halogens is 1. The molecule has 0 radical (unpaired) electrons. The minimum absolute atomic E-state index is 0.161. The summed E-state index contributed by atoms with van der Waals surface area (Å²) >= 11 is 0. The number of carbonyl (C=O) groups is 1. The van der Waals surface area contributed by atoms with Crippen molar-refractivity contribution in [2.24, 2.45) is 5.92 Å². The fourth-order valence-electron chi connectivity index (χ4n) is 5.11. The summed E-state index contributed by atoms with van der Waals surface area (Å²) in [5, 5.41) is 3.45. The van der Waals surface area contributed by atoms with Crippen LogP contribution in [0.4, 0.5) is 4.39 Å². The van der Waals surface area contributed by atoms with Crippen molar-refractivity contribution in [2.75, 3.05) is 39.3 Å². The maximum Gasteiger partial charge on any atom is 0.176 e. The number of benzene rings is 2. The number of rotatable bonds is 6. The fourth-order valence-corrected chi connectivity index (χ4v) is 5.11. The molecule has 0 bridgehead atoms. The molecule has 2 aromatic carbocycles. The SMILES string of the molecule is C[C@H]1CN(CC(=O)c2ccccc2)CCN1C(c1cccc(F)c1)C1CCNCC1. The Morgan fingerprint density at radius 2 is 1.87 bits per heavy atom. The van der Waals surface area contributed by atoms with Crippen molar-refractivity contribution in [2.45, 2.75) is 31.8 Å². The second-order valence-electron chi connectivity index (χ2n) is 8.70. The zero-order chi connectivity index (χ0) is 20.9. The summed E-state index contributed by atoms with van der Waals surface area (Å²) in [7, 11) is 0. The molecule has 0 spiro atoms. The highest BCUT2D eigenvalue weighted by Gasteiger charge is 2.36. The van der Waals surface area contributed by atoms with Crippen LogP contribution in [0.25, 0.3) is 0 Å². The monoisotopic (exact) mass is 409 g/mol. The van der Waals surface area contributed by atoms with Crippen molar-refractivity contribution in [3.63, 3.8) is 0 Å². The first kappa shape index (κ1) is 21.2. The van der Waals surface area contributed by atoms with Crippen molar-refractivity contribution < 1.29 is 9.18 Å². The third-order valence-corrected chi connectivity index (χ3v) is 6.60. The number of nitrogens with one attached hydrogen (secondary N) is 1. The molecule has 2 aliphatic rings. The van der Waals surface area contributed by atoms with E-state index in [0.717, 1.165) is 56.7 Å². The number of hydrogen-bond acceptors (Lipinski definition) is 4. The molecular formula is C25H32FN3O. The number of piperidine rings is 1. The van der Waals surface area contributed by atoms with Crippen LogP contribution in [0.1, 0.15) is 41.7 Å². The topological polar surface area (TPSA) is 35.6 Å². The molecule has 1 N–H and O–H groups in total. The highest BCUT2D eigenvalue weighted by Crippen LogP contribution is 2.36. The Hall–Kier alpha value is -2.08. The lowest BCUT2D eigenvalue weighted by Gasteiger charge is -2.47. The first-order valence-electron chi connectivity index (χ1n) is 11.1. The van der Waals surface area contributed by atoms with Gasteiger partial charge in [0, 0.05) is 37.3 Å². The van der Waals surface area contributed by atoms with E-state index >= 15 is 0 Å². The molecule has 0 amide bonds. The van der Waals surface area contributed by atoms with Crippen molar-refractivity contribution >= 4 is 5.78 Å². The number of carbonyl (C=O) groups excluding carboxylic acids is 1. The summed E-state index contributed by atoms with van der Waals surface area (Å²) in [5.74, 6) is 0.537. The highest BCUT2D eigenvalue weighted by atomic mass is 19.1. The molecule has 4 nitrogen and oxygen atoms in total. The molecule has 2 atom stereocenters. The van der Waals surface area contributed by atoms with Gasteiger partial charge in [-0.15, -0.1) is 0 Å². The summed E-state index contributed by atoms with van der Waals surface area (Å²) in [6.07, 6.45) is 2.22. The zero-order valence-electron chi connectivity index (χ0n) is 17.8. The zero-order valence-corrected chi connectivity index (χ0v) is 17.8. The smallest absolute Gasteiger partial charge is 0.176 e. The van der Waals surface area contributed by atoms with Gasteiger partial charge < -0.3 is 5.32 Å². The van der Waals surface area contributed by atoms with Gasteiger partial charge in [0.05, 0.1) is 6.54 Å². The van der Waals surface area contributed by atoms with Crippen LogP contribution < -0.4 is 5.32 Å². The first-order valence-corrected chi connectivity index (χ1v) is 11.1. The van der Waals surface area contributed by atoms with Crippen molar-refractivity contribution in [3.8, 4) is 0 Å². The third-order valence-electron chi connectivity index (χ3n) is 6.60. The summed E-state index contributed by atoms with van der Waals surface area (Å²) in [6.45, 7) is 7.36. The van der Waals surface area contributed by atoms with E-state index in [1.807, 2.05) is 36.4 Å². The van der Waals surface area contributed by atoms with Crippen LogP contribution in [0.5, 0.6) is 0 Å². The average molecular weight is 410 g/mol. The van der Waals surface area contributed by atoms with Gasteiger partial charge in [0.15, 0.2) is 5.78 Å². The van der Waals surface area contributed by atoms with Crippen LogP contribution in [0.2, 0.25) is 0 Å². The Balaban J connectivity index is 1.47. The largest absolute Gasteiger partial charge is 0.317 e. The van der Waals surface area contributed by atoms with Crippen LogP contribution >= 0.6 is 0 Å².